The number of benzene rings is 2. The van der Waals surface area contributed by atoms with Crippen molar-refractivity contribution in [2.45, 2.75) is 30.8 Å². The maximum Gasteiger partial charge on any atom is 0.433 e. The molecule has 0 bridgehead atoms. The topological polar surface area (TPSA) is 111 Å². The lowest BCUT2D eigenvalue weighted by atomic mass is 10.2. The number of nitrogens with zero attached hydrogens (tertiary/aromatic N) is 5. The normalized spacial score (nSPS) is 14.6. The van der Waals surface area contributed by atoms with Gasteiger partial charge in [-0.05, 0) is 55.0 Å². The van der Waals surface area contributed by atoms with E-state index in [1.54, 1.807) is 24.3 Å². The molecule has 0 atom stereocenters. The molecule has 0 aliphatic carbocycles. The number of rotatable bonds is 9. The molecule has 2 heterocycles. The second-order valence-corrected chi connectivity index (χ2v) is 10.8. The van der Waals surface area contributed by atoms with Gasteiger partial charge in [0.2, 0.25) is 16.0 Å². The number of halogens is 3. The summed E-state index contributed by atoms with van der Waals surface area (Å²) in [5.74, 6) is 0.347. The molecule has 13 heteroatoms. The zero-order valence-electron chi connectivity index (χ0n) is 21.1. The first kappa shape index (κ1) is 28.1. The van der Waals surface area contributed by atoms with Crippen LogP contribution in [-0.4, -0.2) is 55.5 Å². The van der Waals surface area contributed by atoms with Gasteiger partial charge in [-0.3, -0.25) is 0 Å². The van der Waals surface area contributed by atoms with Crippen LogP contribution < -0.4 is 15.0 Å². The maximum absolute atomic E-state index is 13.6. The Labute approximate surface area is 224 Å². The van der Waals surface area contributed by atoms with Crippen LogP contribution in [0, 0.1) is 11.3 Å². The SMILES string of the molecule is CCCCOc1ccc(S(=O)(=O)N2CCN(c3nc(Nc4ccc(C#N)cc4)cc(C(F)(F)F)n3)CC2)cc1. The summed E-state index contributed by atoms with van der Waals surface area (Å²) >= 11 is 0. The van der Waals surface area contributed by atoms with Crippen molar-refractivity contribution < 1.29 is 26.3 Å². The van der Waals surface area contributed by atoms with Crippen LogP contribution in [0.25, 0.3) is 0 Å². The first-order valence-corrected chi connectivity index (χ1v) is 13.8. The lowest BCUT2D eigenvalue weighted by Crippen LogP contribution is -2.49. The summed E-state index contributed by atoms with van der Waals surface area (Å²) in [7, 11) is -3.80. The smallest absolute Gasteiger partial charge is 0.433 e. The number of anilines is 3. The van der Waals surface area contributed by atoms with E-state index in [1.165, 1.54) is 33.5 Å². The molecule has 1 aliphatic rings. The Hall–Kier alpha value is -3.89. The third-order valence-electron chi connectivity index (χ3n) is 6.04. The summed E-state index contributed by atoms with van der Waals surface area (Å²) in [6.45, 7) is 2.91. The molecule has 1 saturated heterocycles. The molecule has 39 heavy (non-hydrogen) atoms. The molecular formula is C26H27F3N6O3S. The summed E-state index contributed by atoms with van der Waals surface area (Å²) in [4.78, 5) is 9.60. The van der Waals surface area contributed by atoms with Crippen LogP contribution in [-0.2, 0) is 16.2 Å². The highest BCUT2D eigenvalue weighted by molar-refractivity contribution is 7.89. The number of nitrogens with one attached hydrogen (secondary N) is 1. The van der Waals surface area contributed by atoms with Gasteiger partial charge in [-0.1, -0.05) is 13.3 Å². The van der Waals surface area contributed by atoms with E-state index in [2.05, 4.69) is 15.3 Å². The minimum atomic E-state index is -4.71. The third-order valence-corrected chi connectivity index (χ3v) is 7.95. The predicted molar refractivity (Wildman–Crippen MR) is 139 cm³/mol. The van der Waals surface area contributed by atoms with Gasteiger partial charge >= 0.3 is 6.18 Å². The highest BCUT2D eigenvalue weighted by atomic mass is 32.2. The van der Waals surface area contributed by atoms with Crippen LogP contribution in [0.4, 0.5) is 30.6 Å². The van der Waals surface area contributed by atoms with Crippen molar-refractivity contribution in [1.82, 2.24) is 14.3 Å². The van der Waals surface area contributed by atoms with Crippen molar-refractivity contribution in [2.24, 2.45) is 0 Å². The fraction of sp³-hybridized carbons (Fsp3) is 0.346. The number of aromatic nitrogens is 2. The summed E-state index contributed by atoms with van der Waals surface area (Å²) in [5.41, 5.74) is -0.270. The fourth-order valence-corrected chi connectivity index (χ4v) is 5.30. The largest absolute Gasteiger partial charge is 0.494 e. The van der Waals surface area contributed by atoms with Gasteiger partial charge < -0.3 is 15.0 Å². The number of ether oxygens (including phenoxy) is 1. The second kappa shape index (κ2) is 11.9. The molecular weight excluding hydrogens is 533 g/mol. The molecule has 2 aromatic carbocycles. The highest BCUT2D eigenvalue weighted by Gasteiger charge is 2.35. The minimum Gasteiger partial charge on any atom is -0.494 e. The number of unbranched alkanes of at least 4 members (excludes halogenated alkanes) is 1. The Kier molecular flexibility index (Phi) is 8.57. The molecule has 9 nitrogen and oxygen atoms in total. The lowest BCUT2D eigenvalue weighted by molar-refractivity contribution is -0.141. The highest BCUT2D eigenvalue weighted by Crippen LogP contribution is 2.32. The molecule has 1 aliphatic heterocycles. The number of hydrogen-bond acceptors (Lipinski definition) is 8. The molecule has 3 aromatic rings. The van der Waals surface area contributed by atoms with Gasteiger partial charge in [-0.15, -0.1) is 0 Å². The van der Waals surface area contributed by atoms with Gasteiger partial charge in [-0.2, -0.15) is 27.7 Å². The molecule has 0 amide bonds. The number of sulfonamides is 1. The van der Waals surface area contributed by atoms with Crippen molar-refractivity contribution in [3.05, 3.63) is 65.9 Å². The maximum atomic E-state index is 13.6. The molecule has 1 aromatic heterocycles. The molecule has 4 rings (SSSR count). The molecule has 0 unspecified atom stereocenters. The Morgan fingerprint density at radius 1 is 1.03 bits per heavy atom. The van der Waals surface area contributed by atoms with Crippen molar-refractivity contribution >= 4 is 27.5 Å². The van der Waals surface area contributed by atoms with Gasteiger partial charge in [0, 0.05) is 37.9 Å². The lowest BCUT2D eigenvalue weighted by Gasteiger charge is -2.34. The average Bonchev–Trinajstić information content (AvgIpc) is 2.93. The van der Waals surface area contributed by atoms with E-state index in [9.17, 15) is 21.6 Å². The molecule has 1 fully saturated rings. The first-order chi connectivity index (χ1) is 18.6. The van der Waals surface area contributed by atoms with Crippen molar-refractivity contribution in [3.63, 3.8) is 0 Å². The zero-order chi connectivity index (χ0) is 28.0. The van der Waals surface area contributed by atoms with E-state index in [1.807, 2.05) is 13.0 Å². The Balaban J connectivity index is 1.47. The van der Waals surface area contributed by atoms with E-state index in [-0.39, 0.29) is 42.8 Å². The number of alkyl halides is 3. The molecule has 0 saturated carbocycles. The average molecular weight is 561 g/mol. The quantitative estimate of drug-likeness (QED) is 0.372. The van der Waals surface area contributed by atoms with Gasteiger partial charge in [0.05, 0.1) is 23.1 Å². The van der Waals surface area contributed by atoms with Crippen molar-refractivity contribution in [3.8, 4) is 11.8 Å². The monoisotopic (exact) mass is 560 g/mol. The van der Waals surface area contributed by atoms with Crippen LogP contribution in [0.5, 0.6) is 5.75 Å². The Morgan fingerprint density at radius 2 is 1.69 bits per heavy atom. The van der Waals surface area contributed by atoms with Crippen LogP contribution in [0.1, 0.15) is 31.0 Å². The minimum absolute atomic E-state index is 0.0507. The van der Waals surface area contributed by atoms with E-state index in [0.717, 1.165) is 18.9 Å². The Morgan fingerprint density at radius 3 is 2.28 bits per heavy atom. The van der Waals surface area contributed by atoms with E-state index >= 15 is 0 Å². The third kappa shape index (κ3) is 6.96. The number of piperazine rings is 1. The zero-order valence-corrected chi connectivity index (χ0v) is 22.0. The number of hydrogen-bond donors (Lipinski definition) is 1. The van der Waals surface area contributed by atoms with Gasteiger partial charge in [0.15, 0.2) is 5.69 Å². The molecule has 0 radical (unpaired) electrons. The van der Waals surface area contributed by atoms with Gasteiger partial charge in [-0.25, -0.2) is 13.4 Å². The summed E-state index contributed by atoms with van der Waals surface area (Å²) in [6.07, 6.45) is -2.83. The predicted octanol–water partition coefficient (Wildman–Crippen LogP) is 4.80. The van der Waals surface area contributed by atoms with Crippen LogP contribution in [0.15, 0.2) is 59.5 Å². The standard InChI is InChI=1S/C26H27F3N6O3S/c1-2-3-16-38-21-8-10-22(11-9-21)39(36,37)35-14-12-34(13-15-35)25-32-23(26(27,28)29)17-24(33-25)31-20-6-4-19(18-30)5-7-20/h4-11,17H,2-3,12-16H2,1H3,(H,31,32,33). The second-order valence-electron chi connectivity index (χ2n) is 8.81. The van der Waals surface area contributed by atoms with E-state index in [4.69, 9.17) is 10.00 Å². The first-order valence-electron chi connectivity index (χ1n) is 12.3. The van der Waals surface area contributed by atoms with E-state index < -0.39 is 21.9 Å². The van der Waals surface area contributed by atoms with Crippen LogP contribution in [0.3, 0.4) is 0 Å². The number of nitriles is 1. The van der Waals surface area contributed by atoms with Crippen LogP contribution in [0.2, 0.25) is 0 Å². The van der Waals surface area contributed by atoms with Crippen molar-refractivity contribution in [1.29, 1.82) is 5.26 Å². The fourth-order valence-electron chi connectivity index (χ4n) is 3.88. The summed E-state index contributed by atoms with van der Waals surface area (Å²) in [6, 6.07) is 15.1. The van der Waals surface area contributed by atoms with Gasteiger partial charge in [0.1, 0.15) is 11.6 Å². The Bertz CT molecular complexity index is 1420. The van der Waals surface area contributed by atoms with Crippen molar-refractivity contribution in [2.75, 3.05) is 43.0 Å². The summed E-state index contributed by atoms with van der Waals surface area (Å²) in [5, 5.41) is 11.8. The van der Waals surface area contributed by atoms with E-state index in [0.29, 0.717) is 23.6 Å². The molecule has 1 N–H and O–H groups in total. The summed E-state index contributed by atoms with van der Waals surface area (Å²) < 4.78 is 74.0. The molecule has 206 valence electrons. The molecule has 0 spiro atoms. The van der Waals surface area contributed by atoms with Crippen LogP contribution >= 0.6 is 0 Å². The van der Waals surface area contributed by atoms with Gasteiger partial charge in [0.25, 0.3) is 0 Å².